The van der Waals surface area contributed by atoms with E-state index in [1.807, 2.05) is 38.4 Å². The molecule has 0 aromatic heterocycles. The molecule has 2 rings (SSSR count). The van der Waals surface area contributed by atoms with E-state index in [1.54, 1.807) is 24.3 Å². The van der Waals surface area contributed by atoms with E-state index in [4.69, 9.17) is 0 Å². The Labute approximate surface area is 156 Å². The standard InChI is InChI=1S/C20H23F3N2O2/c1-25(2)12-18-6-4-3-5-17(18)11-24-19(26)16-9-7-15(8-10-16)13-27-14-20(21,22)23/h3-10H,11-14H2,1-2H3,(H,24,26). The van der Waals surface area contributed by atoms with Gasteiger partial charge in [0.15, 0.2) is 0 Å². The van der Waals surface area contributed by atoms with Gasteiger partial charge in [0.2, 0.25) is 0 Å². The van der Waals surface area contributed by atoms with Crippen LogP contribution in [0.5, 0.6) is 0 Å². The molecule has 0 heterocycles. The van der Waals surface area contributed by atoms with Crippen LogP contribution in [0.4, 0.5) is 13.2 Å². The summed E-state index contributed by atoms with van der Waals surface area (Å²) in [6.45, 7) is -0.265. The Bertz CT molecular complexity index is 744. The molecule has 1 amide bonds. The third kappa shape index (κ3) is 7.40. The van der Waals surface area contributed by atoms with E-state index in [0.717, 1.165) is 17.7 Å². The van der Waals surface area contributed by atoms with Gasteiger partial charge >= 0.3 is 6.18 Å². The number of alkyl halides is 3. The monoisotopic (exact) mass is 380 g/mol. The molecule has 0 aliphatic carbocycles. The lowest BCUT2D eigenvalue weighted by molar-refractivity contribution is -0.176. The molecule has 1 N–H and O–H groups in total. The maximum absolute atomic E-state index is 12.3. The van der Waals surface area contributed by atoms with Crippen molar-refractivity contribution in [1.29, 1.82) is 0 Å². The highest BCUT2D eigenvalue weighted by atomic mass is 19.4. The summed E-state index contributed by atoms with van der Waals surface area (Å²) in [5.74, 6) is -0.239. The Morgan fingerprint density at radius 1 is 1.04 bits per heavy atom. The molecule has 0 bridgehead atoms. The average Bonchev–Trinajstić information content (AvgIpc) is 2.60. The Hall–Kier alpha value is -2.38. The fraction of sp³-hybridized carbons (Fsp3) is 0.350. The minimum Gasteiger partial charge on any atom is -0.367 e. The Morgan fingerprint density at radius 2 is 1.67 bits per heavy atom. The van der Waals surface area contributed by atoms with Crippen LogP contribution in [-0.4, -0.2) is 37.7 Å². The van der Waals surface area contributed by atoms with Gasteiger partial charge in [0, 0.05) is 18.7 Å². The van der Waals surface area contributed by atoms with Crippen molar-refractivity contribution in [2.75, 3.05) is 20.7 Å². The van der Waals surface area contributed by atoms with Gasteiger partial charge in [-0.2, -0.15) is 13.2 Å². The van der Waals surface area contributed by atoms with Crippen LogP contribution in [0.15, 0.2) is 48.5 Å². The second kappa shape index (κ2) is 9.53. The molecule has 2 aromatic carbocycles. The topological polar surface area (TPSA) is 41.6 Å². The number of nitrogens with zero attached hydrogens (tertiary/aromatic N) is 1. The number of amides is 1. The summed E-state index contributed by atoms with van der Waals surface area (Å²) in [6.07, 6.45) is -4.34. The van der Waals surface area contributed by atoms with Gasteiger partial charge in [0.1, 0.15) is 6.61 Å². The molecular formula is C20H23F3N2O2. The zero-order chi connectivity index (χ0) is 19.9. The van der Waals surface area contributed by atoms with Crippen molar-refractivity contribution in [3.8, 4) is 0 Å². The van der Waals surface area contributed by atoms with Gasteiger partial charge in [-0.25, -0.2) is 0 Å². The van der Waals surface area contributed by atoms with E-state index in [-0.39, 0.29) is 12.5 Å². The zero-order valence-electron chi connectivity index (χ0n) is 15.3. The van der Waals surface area contributed by atoms with Crippen molar-refractivity contribution in [1.82, 2.24) is 10.2 Å². The summed E-state index contributed by atoms with van der Waals surface area (Å²) in [5, 5.41) is 2.87. The van der Waals surface area contributed by atoms with Crippen LogP contribution >= 0.6 is 0 Å². The molecule has 0 atom stereocenters. The van der Waals surface area contributed by atoms with Crippen LogP contribution in [0.25, 0.3) is 0 Å². The lowest BCUT2D eigenvalue weighted by atomic mass is 10.1. The van der Waals surface area contributed by atoms with Gasteiger partial charge in [-0.3, -0.25) is 4.79 Å². The summed E-state index contributed by atoms with van der Waals surface area (Å²) >= 11 is 0. The third-order valence-electron chi connectivity index (χ3n) is 3.79. The number of hydrogen-bond acceptors (Lipinski definition) is 3. The van der Waals surface area contributed by atoms with Gasteiger partial charge in [-0.1, -0.05) is 36.4 Å². The van der Waals surface area contributed by atoms with Gasteiger partial charge in [-0.05, 0) is 42.9 Å². The van der Waals surface area contributed by atoms with Crippen LogP contribution in [0.2, 0.25) is 0 Å². The number of benzene rings is 2. The summed E-state index contributed by atoms with van der Waals surface area (Å²) in [6, 6.07) is 14.2. The van der Waals surface area contributed by atoms with Crippen molar-refractivity contribution >= 4 is 5.91 Å². The molecule has 0 spiro atoms. The number of ether oxygens (including phenoxy) is 1. The normalized spacial score (nSPS) is 11.6. The molecule has 146 valence electrons. The minimum atomic E-state index is -4.34. The van der Waals surface area contributed by atoms with Crippen LogP contribution < -0.4 is 5.32 Å². The molecule has 0 saturated carbocycles. The minimum absolute atomic E-state index is 0.153. The van der Waals surface area contributed by atoms with Crippen molar-refractivity contribution in [2.45, 2.75) is 25.9 Å². The van der Waals surface area contributed by atoms with Gasteiger partial charge in [0.05, 0.1) is 6.61 Å². The zero-order valence-corrected chi connectivity index (χ0v) is 15.3. The molecule has 2 aromatic rings. The van der Waals surface area contributed by atoms with Gasteiger partial charge in [0.25, 0.3) is 5.91 Å². The van der Waals surface area contributed by atoms with E-state index in [1.165, 1.54) is 0 Å². The summed E-state index contributed by atoms with van der Waals surface area (Å²) < 4.78 is 40.8. The first kappa shape index (κ1) is 20.9. The quantitative estimate of drug-likeness (QED) is 0.758. The predicted molar refractivity (Wildman–Crippen MR) is 97.2 cm³/mol. The molecule has 0 unspecified atom stereocenters. The molecule has 4 nitrogen and oxygen atoms in total. The van der Waals surface area contributed by atoms with E-state index in [0.29, 0.717) is 17.7 Å². The number of hydrogen-bond donors (Lipinski definition) is 1. The van der Waals surface area contributed by atoms with Crippen molar-refractivity contribution < 1.29 is 22.7 Å². The highest BCUT2D eigenvalue weighted by molar-refractivity contribution is 5.94. The second-order valence-corrected chi connectivity index (χ2v) is 6.49. The van der Waals surface area contributed by atoms with Crippen LogP contribution in [0, 0.1) is 0 Å². The predicted octanol–water partition coefficient (Wildman–Crippen LogP) is 3.76. The lowest BCUT2D eigenvalue weighted by Crippen LogP contribution is -2.24. The maximum Gasteiger partial charge on any atom is 0.411 e. The SMILES string of the molecule is CN(C)Cc1ccccc1CNC(=O)c1ccc(COCC(F)(F)F)cc1. The fourth-order valence-electron chi connectivity index (χ4n) is 2.54. The van der Waals surface area contributed by atoms with Crippen LogP contribution in [0.1, 0.15) is 27.0 Å². The average molecular weight is 380 g/mol. The molecule has 0 radical (unpaired) electrons. The highest BCUT2D eigenvalue weighted by Crippen LogP contribution is 2.16. The highest BCUT2D eigenvalue weighted by Gasteiger charge is 2.27. The fourth-order valence-corrected chi connectivity index (χ4v) is 2.54. The van der Waals surface area contributed by atoms with E-state index in [2.05, 4.69) is 15.0 Å². The van der Waals surface area contributed by atoms with E-state index >= 15 is 0 Å². The summed E-state index contributed by atoms with van der Waals surface area (Å²) in [4.78, 5) is 14.4. The van der Waals surface area contributed by atoms with Crippen molar-refractivity contribution in [2.24, 2.45) is 0 Å². The largest absolute Gasteiger partial charge is 0.411 e. The first-order chi connectivity index (χ1) is 12.7. The number of carbonyl (C=O) groups is 1. The number of rotatable bonds is 8. The molecule has 0 aliphatic heterocycles. The first-order valence-corrected chi connectivity index (χ1v) is 8.48. The van der Waals surface area contributed by atoms with Crippen molar-refractivity contribution in [3.05, 3.63) is 70.8 Å². The van der Waals surface area contributed by atoms with Crippen LogP contribution in [-0.2, 0) is 24.4 Å². The second-order valence-electron chi connectivity index (χ2n) is 6.49. The number of nitrogens with one attached hydrogen (secondary N) is 1. The Morgan fingerprint density at radius 3 is 2.26 bits per heavy atom. The smallest absolute Gasteiger partial charge is 0.367 e. The van der Waals surface area contributed by atoms with Crippen LogP contribution in [0.3, 0.4) is 0 Å². The Kier molecular flexibility index (Phi) is 7.38. The van der Waals surface area contributed by atoms with Gasteiger partial charge < -0.3 is 15.0 Å². The number of halogens is 3. The molecule has 7 heteroatoms. The third-order valence-corrected chi connectivity index (χ3v) is 3.79. The molecule has 0 saturated heterocycles. The molecular weight excluding hydrogens is 357 g/mol. The summed E-state index contributed by atoms with van der Waals surface area (Å²) in [5.41, 5.74) is 3.20. The van der Waals surface area contributed by atoms with Crippen molar-refractivity contribution in [3.63, 3.8) is 0 Å². The molecule has 0 aliphatic rings. The van der Waals surface area contributed by atoms with Gasteiger partial charge in [-0.15, -0.1) is 0 Å². The van der Waals surface area contributed by atoms with E-state index < -0.39 is 12.8 Å². The first-order valence-electron chi connectivity index (χ1n) is 8.48. The Balaban J connectivity index is 1.89. The van der Waals surface area contributed by atoms with E-state index in [9.17, 15) is 18.0 Å². The maximum atomic E-state index is 12.3. The summed E-state index contributed by atoms with van der Waals surface area (Å²) in [7, 11) is 3.96. The lowest BCUT2D eigenvalue weighted by Gasteiger charge is -2.14. The molecule has 27 heavy (non-hydrogen) atoms. The molecule has 0 fully saturated rings. The number of carbonyl (C=O) groups excluding carboxylic acids is 1.